The summed E-state index contributed by atoms with van der Waals surface area (Å²) in [6.07, 6.45) is 0.615. The summed E-state index contributed by atoms with van der Waals surface area (Å²) >= 11 is 10.1. The number of aromatic nitrogens is 2. The maximum absolute atomic E-state index is 12.3. The summed E-state index contributed by atoms with van der Waals surface area (Å²) in [5, 5.41) is 2.42. The fourth-order valence-corrected chi connectivity index (χ4v) is 2.96. The highest BCUT2D eigenvalue weighted by molar-refractivity contribution is 7.85. The van der Waals surface area contributed by atoms with E-state index < -0.39 is 0 Å². The van der Waals surface area contributed by atoms with E-state index in [2.05, 4.69) is 25.3 Å². The van der Waals surface area contributed by atoms with Gasteiger partial charge in [-0.2, -0.15) is 25.3 Å². The molecular weight excluding hydrogens is 300 g/mol. The van der Waals surface area contributed by atoms with Gasteiger partial charge in [-0.25, -0.2) is 4.79 Å². The first-order valence-corrected chi connectivity index (χ1v) is 7.83. The summed E-state index contributed by atoms with van der Waals surface area (Å²) in [6, 6.07) is 1.76. The predicted molar refractivity (Wildman–Crippen MR) is 87.2 cm³/mol. The third kappa shape index (κ3) is 2.78. The molecule has 0 bridgehead atoms. The van der Waals surface area contributed by atoms with Crippen molar-refractivity contribution in [1.82, 2.24) is 9.13 Å². The maximum atomic E-state index is 12.3. The fourth-order valence-electron chi connectivity index (χ4n) is 1.85. The van der Waals surface area contributed by atoms with Crippen molar-refractivity contribution >= 4 is 46.8 Å². The highest BCUT2D eigenvalue weighted by atomic mass is 32.1. The van der Waals surface area contributed by atoms with E-state index in [1.165, 1.54) is 20.5 Å². The van der Waals surface area contributed by atoms with E-state index in [1.807, 2.05) is 12.3 Å². The molecule has 0 amide bonds. The van der Waals surface area contributed by atoms with Gasteiger partial charge in [-0.15, -0.1) is 11.3 Å². The summed E-state index contributed by atoms with van der Waals surface area (Å²) in [7, 11) is 1.69. The number of hydrogen-bond acceptors (Lipinski definition) is 5. The van der Waals surface area contributed by atoms with Crippen LogP contribution in [0.1, 0.15) is 13.3 Å². The first-order chi connectivity index (χ1) is 8.87. The minimum Gasteiger partial charge on any atom is -0.287 e. The molecule has 0 saturated heterocycles. The van der Waals surface area contributed by atoms with Crippen LogP contribution in [0.2, 0.25) is 0 Å². The van der Waals surface area contributed by atoms with E-state index in [0.29, 0.717) is 28.9 Å². The number of hydrogen-bond donors (Lipinski definition) is 2. The van der Waals surface area contributed by atoms with Crippen LogP contribution in [0.4, 0.5) is 0 Å². The number of thiophene rings is 1. The van der Waals surface area contributed by atoms with Crippen molar-refractivity contribution in [1.29, 1.82) is 0 Å². The monoisotopic (exact) mass is 316 g/mol. The van der Waals surface area contributed by atoms with Gasteiger partial charge in [-0.3, -0.25) is 13.9 Å². The predicted octanol–water partition coefficient (Wildman–Crippen LogP) is 1.77. The average Bonchev–Trinajstić information content (AvgIpc) is 2.85. The lowest BCUT2D eigenvalue weighted by Gasteiger charge is -2.21. The molecule has 0 radical (unpaired) electrons. The van der Waals surface area contributed by atoms with E-state index in [0.717, 1.165) is 0 Å². The van der Waals surface area contributed by atoms with Crippen molar-refractivity contribution in [2.45, 2.75) is 24.6 Å². The molecule has 2 rings (SSSR count). The molecule has 4 nitrogen and oxygen atoms in total. The third-order valence-electron chi connectivity index (χ3n) is 3.16. The highest BCUT2D eigenvalue weighted by Gasteiger charge is 2.19. The van der Waals surface area contributed by atoms with Gasteiger partial charge in [0.15, 0.2) is 0 Å². The lowest BCUT2D eigenvalue weighted by Crippen LogP contribution is -2.40. The first kappa shape index (κ1) is 14.7. The molecule has 0 saturated carbocycles. The number of fused-ring (bicyclic) bond motifs is 1. The van der Waals surface area contributed by atoms with E-state index >= 15 is 0 Å². The second-order valence-corrected chi connectivity index (χ2v) is 7.13. The molecule has 2 aromatic rings. The lowest BCUT2D eigenvalue weighted by atomic mass is 10.1. The largest absolute Gasteiger partial charge is 0.331 e. The topological polar surface area (TPSA) is 44.0 Å². The summed E-state index contributed by atoms with van der Waals surface area (Å²) < 4.78 is 2.52. The molecule has 2 heterocycles. The fraction of sp³-hybridized carbons (Fsp3) is 0.500. The van der Waals surface area contributed by atoms with Crippen LogP contribution in [0.3, 0.4) is 0 Å². The molecule has 7 heteroatoms. The van der Waals surface area contributed by atoms with Crippen molar-refractivity contribution < 1.29 is 0 Å². The number of rotatable bonds is 4. The second-order valence-electron chi connectivity index (χ2n) is 4.84. The lowest BCUT2D eigenvalue weighted by molar-refractivity contribution is 0.524. The van der Waals surface area contributed by atoms with E-state index in [1.54, 1.807) is 13.1 Å². The smallest absolute Gasteiger partial charge is 0.287 e. The van der Waals surface area contributed by atoms with E-state index in [-0.39, 0.29) is 16.0 Å². The Morgan fingerprint density at radius 3 is 2.74 bits per heavy atom. The van der Waals surface area contributed by atoms with Crippen LogP contribution in [0.5, 0.6) is 0 Å². The molecule has 1 atom stereocenters. The number of aryl methyl sites for hydroxylation is 1. The zero-order chi connectivity index (χ0) is 14.2. The van der Waals surface area contributed by atoms with Gasteiger partial charge in [-0.05, 0) is 24.8 Å². The minimum absolute atomic E-state index is 0.220. The van der Waals surface area contributed by atoms with Gasteiger partial charge in [0.2, 0.25) is 0 Å². The Morgan fingerprint density at radius 2 is 2.11 bits per heavy atom. The Morgan fingerprint density at radius 1 is 1.42 bits per heavy atom. The Hall–Kier alpha value is -0.660. The molecule has 0 aliphatic rings. The number of nitrogens with zero attached hydrogens (tertiary/aromatic N) is 2. The summed E-state index contributed by atoms with van der Waals surface area (Å²) in [6.45, 7) is 2.31. The molecule has 19 heavy (non-hydrogen) atoms. The van der Waals surface area contributed by atoms with Crippen LogP contribution in [0.15, 0.2) is 21.0 Å². The molecule has 0 aliphatic carbocycles. The Bertz CT molecular complexity index is 712. The first-order valence-electron chi connectivity index (χ1n) is 5.87. The van der Waals surface area contributed by atoms with Gasteiger partial charge in [0.05, 0.1) is 5.39 Å². The zero-order valence-electron chi connectivity index (χ0n) is 10.8. The molecule has 0 spiro atoms. The van der Waals surface area contributed by atoms with Crippen LogP contribution in [0, 0.1) is 0 Å². The number of thiol groups is 2. The standard InChI is InChI=1S/C12H16N2O2S3/c1-12(18,7-17)4-5-14-9(15)8-3-6-19-10(8)13(2)11(14)16/h3,6,17-18H,4-5,7H2,1-2H3. The molecule has 0 aliphatic heterocycles. The van der Waals surface area contributed by atoms with Gasteiger partial charge in [0, 0.05) is 24.1 Å². The molecule has 2 aromatic heterocycles. The van der Waals surface area contributed by atoms with Crippen LogP contribution in [-0.2, 0) is 13.6 Å². The van der Waals surface area contributed by atoms with Crippen molar-refractivity contribution in [3.63, 3.8) is 0 Å². The molecule has 0 fully saturated rings. The third-order valence-corrected chi connectivity index (χ3v) is 5.48. The maximum Gasteiger partial charge on any atom is 0.331 e. The summed E-state index contributed by atoms with van der Waals surface area (Å²) in [4.78, 5) is 25.2. The Balaban J connectivity index is 2.49. The van der Waals surface area contributed by atoms with Crippen molar-refractivity contribution in [2.75, 3.05) is 5.75 Å². The highest BCUT2D eigenvalue weighted by Crippen LogP contribution is 2.20. The van der Waals surface area contributed by atoms with Gasteiger partial charge >= 0.3 is 5.69 Å². The van der Waals surface area contributed by atoms with Crippen LogP contribution >= 0.6 is 36.6 Å². The summed E-state index contributed by atoms with van der Waals surface area (Å²) in [5.41, 5.74) is -0.495. The molecule has 0 N–H and O–H groups in total. The quantitative estimate of drug-likeness (QED) is 0.845. The van der Waals surface area contributed by atoms with Crippen molar-refractivity contribution in [3.05, 3.63) is 32.3 Å². The van der Waals surface area contributed by atoms with Gasteiger partial charge < -0.3 is 0 Å². The second kappa shape index (κ2) is 5.38. The van der Waals surface area contributed by atoms with Crippen LogP contribution in [-0.4, -0.2) is 19.6 Å². The van der Waals surface area contributed by atoms with Gasteiger partial charge in [0.1, 0.15) is 4.83 Å². The SMILES string of the molecule is Cn1c(=O)n(CCC(C)(S)CS)c(=O)c2ccsc21. The molecule has 0 aromatic carbocycles. The van der Waals surface area contributed by atoms with Gasteiger partial charge in [0.25, 0.3) is 5.56 Å². The molecular formula is C12H16N2O2S3. The van der Waals surface area contributed by atoms with Crippen molar-refractivity contribution in [3.8, 4) is 0 Å². The van der Waals surface area contributed by atoms with Crippen molar-refractivity contribution in [2.24, 2.45) is 7.05 Å². The van der Waals surface area contributed by atoms with Crippen LogP contribution < -0.4 is 11.2 Å². The molecule has 104 valence electrons. The van der Waals surface area contributed by atoms with Gasteiger partial charge in [-0.1, -0.05) is 0 Å². The molecule has 1 unspecified atom stereocenters. The minimum atomic E-state index is -0.294. The van der Waals surface area contributed by atoms with Crippen LogP contribution in [0.25, 0.3) is 10.2 Å². The normalized spacial score (nSPS) is 14.7. The van der Waals surface area contributed by atoms with E-state index in [4.69, 9.17) is 0 Å². The average molecular weight is 316 g/mol. The zero-order valence-corrected chi connectivity index (χ0v) is 13.4. The summed E-state index contributed by atoms with van der Waals surface area (Å²) in [5.74, 6) is 0.589. The Labute approximate surface area is 125 Å². The Kier molecular flexibility index (Phi) is 4.17. The van der Waals surface area contributed by atoms with E-state index in [9.17, 15) is 9.59 Å².